The predicted molar refractivity (Wildman–Crippen MR) is 65.9 cm³/mol. The van der Waals surface area contributed by atoms with Gasteiger partial charge in [-0.2, -0.15) is 0 Å². The van der Waals surface area contributed by atoms with Crippen LogP contribution in [0, 0.1) is 0 Å². The average Bonchev–Trinajstić information content (AvgIpc) is 2.24. The van der Waals surface area contributed by atoms with Crippen LogP contribution in [0.1, 0.15) is 5.56 Å². The zero-order valence-electron chi connectivity index (χ0n) is 9.04. The largest absolute Gasteiger partial charge is 1.00 e. The lowest BCUT2D eigenvalue weighted by atomic mass is 10.1. The average molecular weight is 389 g/mol. The first-order valence-corrected chi connectivity index (χ1v) is 6.12. The second-order valence-electron chi connectivity index (χ2n) is 3.33. The first-order chi connectivity index (χ1) is 7.45. The Morgan fingerprint density at radius 3 is 2.35 bits per heavy atom. The maximum atomic E-state index is 11.2. The van der Waals surface area contributed by atoms with Crippen LogP contribution in [0.5, 0.6) is 5.75 Å². The van der Waals surface area contributed by atoms with Crippen molar-refractivity contribution in [3.05, 3.63) is 26.6 Å². The van der Waals surface area contributed by atoms with Gasteiger partial charge in [0, 0.05) is 6.42 Å². The van der Waals surface area contributed by atoms with E-state index in [1.807, 2.05) is 0 Å². The van der Waals surface area contributed by atoms with E-state index < -0.39 is 6.04 Å². The Kier molecular flexibility index (Phi) is 7.08. The Balaban J connectivity index is 0.00000256. The monoisotopic (exact) mass is 387 g/mol. The van der Waals surface area contributed by atoms with Crippen LogP contribution >= 0.6 is 31.9 Å². The summed E-state index contributed by atoms with van der Waals surface area (Å²) in [4.78, 5) is 11.2. The summed E-state index contributed by atoms with van der Waals surface area (Å²) in [5.41, 5.74) is 4.61. The molecule has 0 unspecified atom stereocenters. The smallest absolute Gasteiger partial charge is 0.364 e. The van der Waals surface area contributed by atoms with E-state index in [4.69, 9.17) is 0 Å². The number of hydrogen-bond donors (Lipinski definition) is 2. The highest BCUT2D eigenvalue weighted by atomic mass is 79.9. The summed E-state index contributed by atoms with van der Waals surface area (Å²) in [5.74, 6) is -0.206. The SMILES string of the molecule is COC(=O)[C@@H]([NH3+])Cc1cc(Br)c(O)c(Br)c1.[Cl-]. The molecule has 0 bridgehead atoms. The Hall–Kier alpha value is -0.300. The number of aromatic hydroxyl groups is 1. The van der Waals surface area contributed by atoms with Crippen molar-refractivity contribution in [3.63, 3.8) is 0 Å². The quantitative estimate of drug-likeness (QED) is 0.602. The number of ether oxygens (including phenoxy) is 1. The lowest BCUT2D eigenvalue weighted by Crippen LogP contribution is -3.00. The molecule has 0 aromatic heterocycles. The minimum absolute atomic E-state index is 0. The fourth-order valence-corrected chi connectivity index (χ4v) is 2.55. The number of esters is 1. The maximum absolute atomic E-state index is 11.2. The van der Waals surface area contributed by atoms with E-state index in [9.17, 15) is 9.90 Å². The lowest BCUT2D eigenvalue weighted by molar-refractivity contribution is -0.407. The van der Waals surface area contributed by atoms with E-state index in [1.165, 1.54) is 7.11 Å². The summed E-state index contributed by atoms with van der Waals surface area (Å²) in [6, 6.07) is 3.05. The third kappa shape index (κ3) is 4.46. The van der Waals surface area contributed by atoms with Crippen molar-refractivity contribution >= 4 is 37.8 Å². The molecule has 4 nitrogen and oxygen atoms in total. The number of methoxy groups -OCH3 is 1. The molecule has 0 radical (unpaired) electrons. The Bertz CT molecular complexity index is 392. The van der Waals surface area contributed by atoms with E-state index >= 15 is 0 Å². The standard InChI is InChI=1S/C10H11Br2NO3.ClH/c1-16-10(15)8(13)4-5-2-6(11)9(14)7(12)3-5;/h2-3,8,14H,4,13H2,1H3;1H/t8-;/m0./s1. The number of phenolic OH excluding ortho intramolecular Hbond substituents is 1. The summed E-state index contributed by atoms with van der Waals surface area (Å²) >= 11 is 6.45. The van der Waals surface area contributed by atoms with Gasteiger partial charge >= 0.3 is 5.97 Å². The molecule has 0 aliphatic heterocycles. The van der Waals surface area contributed by atoms with Gasteiger partial charge in [0.25, 0.3) is 0 Å². The molecule has 17 heavy (non-hydrogen) atoms. The van der Waals surface area contributed by atoms with Crippen LogP contribution in [0.15, 0.2) is 21.1 Å². The number of halogens is 3. The van der Waals surface area contributed by atoms with Gasteiger partial charge in [-0.15, -0.1) is 0 Å². The van der Waals surface area contributed by atoms with Gasteiger partial charge in [-0.3, -0.25) is 0 Å². The number of phenols is 1. The van der Waals surface area contributed by atoms with E-state index in [1.54, 1.807) is 12.1 Å². The second-order valence-corrected chi connectivity index (χ2v) is 5.04. The molecule has 0 saturated carbocycles. The van der Waals surface area contributed by atoms with Crippen molar-refractivity contribution in [1.29, 1.82) is 0 Å². The van der Waals surface area contributed by atoms with Crippen LogP contribution in [-0.2, 0) is 16.0 Å². The van der Waals surface area contributed by atoms with Gasteiger partial charge in [-0.25, -0.2) is 4.79 Å². The molecule has 1 aromatic carbocycles. The fourth-order valence-electron chi connectivity index (χ4n) is 1.27. The molecule has 0 heterocycles. The number of rotatable bonds is 3. The van der Waals surface area contributed by atoms with Crippen molar-refractivity contribution in [2.75, 3.05) is 7.11 Å². The van der Waals surface area contributed by atoms with Crippen molar-refractivity contribution in [2.24, 2.45) is 0 Å². The molecular formula is C10H12Br2ClNO3. The number of quaternary nitrogens is 1. The minimum atomic E-state index is -0.451. The second kappa shape index (κ2) is 7.20. The number of benzene rings is 1. The molecule has 1 aromatic rings. The molecule has 0 amide bonds. The number of carbonyl (C=O) groups excluding carboxylic acids is 1. The highest BCUT2D eigenvalue weighted by molar-refractivity contribution is 9.11. The molecule has 1 rings (SSSR count). The maximum Gasteiger partial charge on any atom is 0.364 e. The Morgan fingerprint density at radius 1 is 1.47 bits per heavy atom. The van der Waals surface area contributed by atoms with Crippen molar-refractivity contribution < 1.29 is 32.8 Å². The zero-order chi connectivity index (χ0) is 12.3. The molecule has 0 fully saturated rings. The molecule has 96 valence electrons. The van der Waals surface area contributed by atoms with Gasteiger partial charge in [0.05, 0.1) is 16.1 Å². The third-order valence-electron chi connectivity index (χ3n) is 2.09. The topological polar surface area (TPSA) is 74.2 Å². The summed E-state index contributed by atoms with van der Waals surface area (Å²) in [7, 11) is 1.34. The normalized spacial score (nSPS) is 11.5. The molecule has 0 spiro atoms. The Labute approximate surface area is 122 Å². The summed E-state index contributed by atoms with van der Waals surface area (Å²) in [6.07, 6.45) is 0.462. The van der Waals surface area contributed by atoms with Crippen LogP contribution in [0.4, 0.5) is 0 Å². The van der Waals surface area contributed by atoms with Crippen molar-refractivity contribution in [2.45, 2.75) is 12.5 Å². The van der Waals surface area contributed by atoms with E-state index in [0.717, 1.165) is 5.56 Å². The van der Waals surface area contributed by atoms with Gasteiger partial charge in [-0.1, -0.05) is 0 Å². The van der Waals surface area contributed by atoms with Gasteiger partial charge < -0.3 is 28.0 Å². The summed E-state index contributed by atoms with van der Waals surface area (Å²) in [5, 5.41) is 9.52. The molecule has 0 saturated heterocycles. The predicted octanol–water partition coefficient (Wildman–Crippen LogP) is -1.75. The van der Waals surface area contributed by atoms with Crippen LogP contribution in [0.3, 0.4) is 0 Å². The van der Waals surface area contributed by atoms with Crippen molar-refractivity contribution in [1.82, 2.24) is 0 Å². The highest BCUT2D eigenvalue weighted by Gasteiger charge is 2.19. The van der Waals surface area contributed by atoms with E-state index in [-0.39, 0.29) is 24.1 Å². The van der Waals surface area contributed by atoms with Crippen LogP contribution in [-0.4, -0.2) is 24.2 Å². The van der Waals surface area contributed by atoms with Gasteiger partial charge in [0.1, 0.15) is 5.75 Å². The zero-order valence-corrected chi connectivity index (χ0v) is 13.0. The Morgan fingerprint density at radius 2 is 1.94 bits per heavy atom. The number of hydrogen-bond acceptors (Lipinski definition) is 3. The fraction of sp³-hybridized carbons (Fsp3) is 0.300. The summed E-state index contributed by atoms with van der Waals surface area (Å²) in [6.45, 7) is 0. The minimum Gasteiger partial charge on any atom is -1.00 e. The summed E-state index contributed by atoms with van der Waals surface area (Å²) < 4.78 is 5.75. The van der Waals surface area contributed by atoms with Gasteiger partial charge in [-0.05, 0) is 49.6 Å². The lowest BCUT2D eigenvalue weighted by Gasteiger charge is -2.08. The van der Waals surface area contributed by atoms with E-state index in [2.05, 4.69) is 42.3 Å². The first-order valence-electron chi connectivity index (χ1n) is 4.53. The molecule has 4 N–H and O–H groups in total. The molecular weight excluding hydrogens is 377 g/mol. The van der Waals surface area contributed by atoms with Gasteiger partial charge in [0.2, 0.25) is 0 Å². The van der Waals surface area contributed by atoms with Gasteiger partial charge in [0.15, 0.2) is 6.04 Å². The molecule has 7 heteroatoms. The third-order valence-corrected chi connectivity index (χ3v) is 3.30. The van der Waals surface area contributed by atoms with Crippen LogP contribution in [0.25, 0.3) is 0 Å². The van der Waals surface area contributed by atoms with Crippen LogP contribution < -0.4 is 18.1 Å². The highest BCUT2D eigenvalue weighted by Crippen LogP contribution is 2.33. The molecule has 0 aliphatic rings. The first kappa shape index (κ1) is 16.7. The molecule has 0 aliphatic carbocycles. The van der Waals surface area contributed by atoms with Crippen molar-refractivity contribution in [3.8, 4) is 5.75 Å². The van der Waals surface area contributed by atoms with Crippen LogP contribution in [0.2, 0.25) is 0 Å². The number of carbonyl (C=O) groups is 1. The van der Waals surface area contributed by atoms with E-state index in [0.29, 0.717) is 15.4 Å². The molecule has 1 atom stereocenters.